The fraction of sp³-hybridized carbons (Fsp3) is 0.500. The van der Waals surface area contributed by atoms with Crippen LogP contribution in [0.1, 0.15) is 18.9 Å². The number of aromatic nitrogens is 2. The minimum absolute atomic E-state index is 0.000640. The highest BCUT2D eigenvalue weighted by molar-refractivity contribution is 7.13. The summed E-state index contributed by atoms with van der Waals surface area (Å²) in [7, 11) is 0.763. The number of hydrogen-bond donors (Lipinski definition) is 1. The van der Waals surface area contributed by atoms with Crippen LogP contribution < -0.4 is 15.0 Å². The number of ether oxygens (including phenoxy) is 2. The minimum Gasteiger partial charge on any atom is -0.422 e. The molecule has 6 rings (SSSR count). The summed E-state index contributed by atoms with van der Waals surface area (Å²) in [5.74, 6) is -1.13. The van der Waals surface area contributed by atoms with Crippen molar-refractivity contribution in [2.75, 3.05) is 25.1 Å². The third-order valence-electron chi connectivity index (χ3n) is 6.15. The molecule has 2 bridgehead atoms. The molecule has 3 atom stereocenters. The number of piperidine rings is 1. The van der Waals surface area contributed by atoms with Crippen molar-refractivity contribution < 1.29 is 40.2 Å². The first-order chi connectivity index (χ1) is 15.9. The second kappa shape index (κ2) is 7.71. The van der Waals surface area contributed by atoms with Gasteiger partial charge in [-0.3, -0.25) is 0 Å². The van der Waals surface area contributed by atoms with Crippen LogP contribution in [0.25, 0.3) is 21.7 Å². The normalized spacial score (nSPS) is 22.5. The maximum Gasteiger partial charge on any atom is 0.573 e. The molecular formula is C20H18F6N4O3S. The lowest BCUT2D eigenvalue weighted by Gasteiger charge is -2.47. The van der Waals surface area contributed by atoms with Gasteiger partial charge in [-0.25, -0.2) is 4.98 Å². The number of thiazole rings is 1. The average molecular weight is 508 g/mol. The Morgan fingerprint density at radius 2 is 1.85 bits per heavy atom. The molecule has 0 aliphatic carbocycles. The molecule has 1 aromatic carbocycles. The Balaban J connectivity index is 1.78. The van der Waals surface area contributed by atoms with E-state index < -0.39 is 35.0 Å². The van der Waals surface area contributed by atoms with Crippen molar-refractivity contribution in [1.29, 1.82) is 0 Å². The van der Waals surface area contributed by atoms with Gasteiger partial charge in [-0.15, -0.1) is 24.5 Å². The Bertz CT molecular complexity index is 1200. The molecule has 2 aromatic heterocycles. The molecular weight excluding hydrogens is 490 g/mol. The summed E-state index contributed by atoms with van der Waals surface area (Å²) in [6.45, 7) is 1.63. The van der Waals surface area contributed by atoms with Crippen molar-refractivity contribution in [3.05, 3.63) is 23.2 Å². The number of benzene rings is 1. The number of nitrogens with zero attached hydrogens (tertiary/aromatic N) is 3. The van der Waals surface area contributed by atoms with Gasteiger partial charge in [-0.05, 0) is 19.4 Å². The number of piperazine rings is 1. The van der Waals surface area contributed by atoms with Crippen molar-refractivity contribution in [1.82, 2.24) is 15.3 Å². The van der Waals surface area contributed by atoms with Gasteiger partial charge in [0, 0.05) is 49.4 Å². The van der Waals surface area contributed by atoms with Crippen LogP contribution in [-0.4, -0.2) is 54.8 Å². The maximum atomic E-state index is 14.1. The Labute approximate surface area is 192 Å². The van der Waals surface area contributed by atoms with Crippen LogP contribution >= 0.6 is 11.3 Å². The van der Waals surface area contributed by atoms with Crippen LogP contribution in [0.5, 0.6) is 5.75 Å². The molecule has 1 N–H and O–H groups in total. The van der Waals surface area contributed by atoms with Gasteiger partial charge in [0.25, 0.3) is 6.01 Å². The van der Waals surface area contributed by atoms with Gasteiger partial charge in [0.05, 0.1) is 5.56 Å². The summed E-state index contributed by atoms with van der Waals surface area (Å²) < 4.78 is 97.2. The van der Waals surface area contributed by atoms with E-state index in [2.05, 4.69) is 20.0 Å². The van der Waals surface area contributed by atoms with Crippen LogP contribution in [0.3, 0.4) is 0 Å². The summed E-state index contributed by atoms with van der Waals surface area (Å²) in [6, 6.07) is 1.27. The molecule has 0 spiro atoms. The summed E-state index contributed by atoms with van der Waals surface area (Å²) in [4.78, 5) is 10.1. The van der Waals surface area contributed by atoms with Gasteiger partial charge in [0.1, 0.15) is 5.01 Å². The van der Waals surface area contributed by atoms with Gasteiger partial charge in [-0.2, -0.15) is 18.2 Å². The molecule has 3 aliphatic heterocycles. The first-order valence-corrected chi connectivity index (χ1v) is 11.0. The second-order valence-corrected chi connectivity index (χ2v) is 9.19. The molecule has 5 heterocycles. The zero-order valence-electron chi connectivity index (χ0n) is 17.8. The number of rotatable bonds is 5. The molecule has 3 saturated heterocycles. The largest absolute Gasteiger partial charge is 0.573 e. The van der Waals surface area contributed by atoms with E-state index in [1.165, 1.54) is 6.20 Å². The van der Waals surface area contributed by atoms with E-state index >= 15 is 0 Å². The average Bonchev–Trinajstić information content (AvgIpc) is 3.41. The molecule has 14 heteroatoms. The van der Waals surface area contributed by atoms with E-state index in [4.69, 9.17) is 9.15 Å². The van der Waals surface area contributed by atoms with E-state index in [0.29, 0.717) is 20.0 Å². The highest BCUT2D eigenvalue weighted by atomic mass is 32.1. The van der Waals surface area contributed by atoms with Crippen LogP contribution in [0.2, 0.25) is 0 Å². The number of alkyl halides is 6. The highest BCUT2D eigenvalue weighted by Gasteiger charge is 2.56. The van der Waals surface area contributed by atoms with E-state index in [1.54, 1.807) is 10.3 Å². The highest BCUT2D eigenvalue weighted by Crippen LogP contribution is 2.51. The number of methoxy groups -OCH3 is 1. The van der Waals surface area contributed by atoms with Crippen molar-refractivity contribution >= 4 is 28.5 Å². The zero-order chi connectivity index (χ0) is 24.5. The summed E-state index contributed by atoms with van der Waals surface area (Å²) in [6.07, 6.45) is -8.00. The predicted molar refractivity (Wildman–Crippen MR) is 110 cm³/mol. The molecule has 3 fully saturated rings. The van der Waals surface area contributed by atoms with Crippen LogP contribution in [-0.2, 0) is 10.3 Å². The lowest BCUT2D eigenvalue weighted by Crippen LogP contribution is -2.67. The molecule has 7 nitrogen and oxygen atoms in total. The van der Waals surface area contributed by atoms with Crippen LogP contribution in [0.15, 0.2) is 22.1 Å². The predicted octanol–water partition coefficient (Wildman–Crippen LogP) is 4.82. The van der Waals surface area contributed by atoms with E-state index in [9.17, 15) is 26.3 Å². The zero-order valence-corrected chi connectivity index (χ0v) is 18.6. The monoisotopic (exact) mass is 508 g/mol. The third kappa shape index (κ3) is 3.77. The minimum atomic E-state index is -5.29. The lowest BCUT2D eigenvalue weighted by atomic mass is 9.91. The number of halogens is 6. The Kier molecular flexibility index (Phi) is 5.26. The molecule has 0 amide bonds. The van der Waals surface area contributed by atoms with Crippen LogP contribution in [0.4, 0.5) is 32.4 Å². The second-order valence-electron chi connectivity index (χ2n) is 8.30. The number of fused-ring (bicyclic) bond motifs is 3. The number of hydrogen-bond acceptors (Lipinski definition) is 8. The van der Waals surface area contributed by atoms with E-state index in [0.717, 1.165) is 30.9 Å². The Morgan fingerprint density at radius 3 is 2.38 bits per heavy atom. The third-order valence-corrected chi connectivity index (χ3v) is 6.95. The fourth-order valence-electron chi connectivity index (χ4n) is 4.32. The van der Waals surface area contributed by atoms with Gasteiger partial charge >= 0.3 is 12.5 Å². The van der Waals surface area contributed by atoms with Gasteiger partial charge in [0.2, 0.25) is 0 Å². The summed E-state index contributed by atoms with van der Waals surface area (Å²) in [5.41, 5.74) is -4.61. The Morgan fingerprint density at radius 1 is 1.18 bits per heavy atom. The topological polar surface area (TPSA) is 72.7 Å². The first-order valence-electron chi connectivity index (χ1n) is 10.2. The number of oxazole rings is 1. The standard InChI is InChI=1S/C20H18F6N4O3S/c1-18(31-2,19(21,22)23)12-6-11(16-27-3-4-34-16)14-13(15(12)33-20(24,25)26)29-17(32-14)30-7-9-5-10(8-30)28-9/h3-4,6,9-10,28H,5,7-8H2,1-2H3. The Hall–Kier alpha value is -2.58. The van der Waals surface area contributed by atoms with E-state index in [1.807, 2.05) is 0 Å². The fourth-order valence-corrected chi connectivity index (χ4v) is 4.97. The SMILES string of the molecule is COC(C)(c1cc(-c2nccs2)c2oc(N3CC4CC(C3)N4)nc2c1OC(F)(F)F)C(F)(F)F. The van der Waals surface area contributed by atoms with Gasteiger partial charge in [0.15, 0.2) is 22.5 Å². The molecule has 0 saturated carbocycles. The smallest absolute Gasteiger partial charge is 0.422 e. The first kappa shape index (κ1) is 23.2. The van der Waals surface area contributed by atoms with Crippen LogP contribution in [0, 0.1) is 0 Å². The molecule has 3 aromatic rings. The van der Waals surface area contributed by atoms with E-state index in [-0.39, 0.29) is 34.3 Å². The van der Waals surface area contributed by atoms with Crippen molar-refractivity contribution in [2.45, 2.75) is 43.6 Å². The molecule has 184 valence electrons. The molecule has 34 heavy (non-hydrogen) atoms. The maximum absolute atomic E-state index is 14.1. The van der Waals surface area contributed by atoms with Gasteiger partial charge in [-0.1, -0.05) is 0 Å². The van der Waals surface area contributed by atoms with Crippen molar-refractivity contribution in [3.8, 4) is 16.3 Å². The molecule has 3 aliphatic rings. The lowest BCUT2D eigenvalue weighted by molar-refractivity contribution is -0.283. The summed E-state index contributed by atoms with van der Waals surface area (Å²) >= 11 is 1.09. The number of anilines is 1. The quantitative estimate of drug-likeness (QED) is 0.496. The molecule has 0 radical (unpaired) electrons. The molecule has 3 unspecified atom stereocenters. The number of nitrogens with one attached hydrogen (secondary N) is 1. The van der Waals surface area contributed by atoms with Crippen molar-refractivity contribution in [2.24, 2.45) is 0 Å². The van der Waals surface area contributed by atoms with Crippen molar-refractivity contribution in [3.63, 3.8) is 0 Å². The van der Waals surface area contributed by atoms with Gasteiger partial charge < -0.3 is 24.1 Å². The summed E-state index contributed by atoms with van der Waals surface area (Å²) in [5, 5.41) is 5.14.